The summed E-state index contributed by atoms with van der Waals surface area (Å²) in [7, 11) is 0.237. The minimum absolute atomic E-state index is 0.00289. The normalized spacial score (nSPS) is 23.0. The predicted octanol–water partition coefficient (Wildman–Crippen LogP) is 2.47. The third kappa shape index (κ3) is 5.16. The van der Waals surface area contributed by atoms with Crippen molar-refractivity contribution in [1.29, 1.82) is 0 Å². The molecule has 2 aliphatic rings. The maximum atomic E-state index is 13.2. The molecule has 2 aromatic heterocycles. The van der Waals surface area contributed by atoms with Gasteiger partial charge in [-0.15, -0.1) is 0 Å². The van der Waals surface area contributed by atoms with E-state index in [1.165, 1.54) is 12.7 Å². The van der Waals surface area contributed by atoms with Crippen LogP contribution in [0.3, 0.4) is 0 Å². The van der Waals surface area contributed by atoms with Crippen molar-refractivity contribution < 1.29 is 13.2 Å². The topological polar surface area (TPSA) is 102 Å². The quantitative estimate of drug-likeness (QED) is 0.659. The van der Waals surface area contributed by atoms with Crippen molar-refractivity contribution in [3.8, 4) is 0 Å². The molecule has 0 spiro atoms. The summed E-state index contributed by atoms with van der Waals surface area (Å²) in [6.07, 6.45) is 9.36. The molecule has 1 amide bonds. The van der Waals surface area contributed by atoms with Gasteiger partial charge in [-0.3, -0.25) is 4.79 Å². The molecule has 33 heavy (non-hydrogen) atoms. The third-order valence-electron chi connectivity index (χ3n) is 7.45. The highest BCUT2D eigenvalue weighted by Crippen LogP contribution is 2.30. The van der Waals surface area contributed by atoms with Crippen molar-refractivity contribution in [2.75, 3.05) is 44.4 Å². The van der Waals surface area contributed by atoms with E-state index in [0.717, 1.165) is 49.0 Å². The zero-order chi connectivity index (χ0) is 23.6. The molecule has 10 heteroatoms. The number of nitrogens with zero attached hydrogens (tertiary/aromatic N) is 5. The maximum absolute atomic E-state index is 13.2. The van der Waals surface area contributed by atoms with Gasteiger partial charge in [0.2, 0.25) is 15.9 Å². The van der Waals surface area contributed by atoms with Gasteiger partial charge in [-0.05, 0) is 31.2 Å². The Bertz CT molecular complexity index is 1070. The first kappa shape index (κ1) is 23.9. The molecule has 2 aromatic rings. The van der Waals surface area contributed by atoms with Crippen LogP contribution in [0, 0.1) is 11.8 Å². The van der Waals surface area contributed by atoms with Crippen LogP contribution >= 0.6 is 0 Å². The van der Waals surface area contributed by atoms with Crippen molar-refractivity contribution in [1.82, 2.24) is 24.2 Å². The largest absolute Gasteiger partial charge is 0.354 e. The number of amides is 1. The molecule has 1 saturated carbocycles. The Kier molecular flexibility index (Phi) is 7.23. The Balaban J connectivity index is 1.41. The molecule has 2 unspecified atom stereocenters. The molecule has 0 aromatic carbocycles. The van der Waals surface area contributed by atoms with Crippen molar-refractivity contribution in [3.05, 3.63) is 18.6 Å². The van der Waals surface area contributed by atoms with E-state index in [1.54, 1.807) is 16.3 Å². The summed E-state index contributed by atoms with van der Waals surface area (Å²) in [4.78, 5) is 28.3. The first-order valence-corrected chi connectivity index (χ1v) is 13.6. The van der Waals surface area contributed by atoms with Gasteiger partial charge in [0.1, 0.15) is 17.8 Å². The average molecular weight is 477 g/mol. The fourth-order valence-electron chi connectivity index (χ4n) is 5.23. The van der Waals surface area contributed by atoms with Gasteiger partial charge < -0.3 is 14.8 Å². The lowest BCUT2D eigenvalue weighted by molar-refractivity contribution is -0.134. The van der Waals surface area contributed by atoms with Crippen LogP contribution in [0.25, 0.3) is 11.0 Å². The molecule has 1 N–H and O–H groups in total. The minimum atomic E-state index is -3.47. The Morgan fingerprint density at radius 1 is 1.18 bits per heavy atom. The van der Waals surface area contributed by atoms with Crippen molar-refractivity contribution in [3.63, 3.8) is 0 Å². The van der Waals surface area contributed by atoms with Gasteiger partial charge in [-0.1, -0.05) is 26.2 Å². The number of sulfonamides is 1. The second kappa shape index (κ2) is 9.97. The van der Waals surface area contributed by atoms with Crippen LogP contribution in [-0.4, -0.2) is 84.0 Å². The second-order valence-corrected chi connectivity index (χ2v) is 11.7. The van der Waals surface area contributed by atoms with Gasteiger partial charge in [0.05, 0.1) is 11.1 Å². The number of aromatic amines is 1. The molecule has 2 fully saturated rings. The molecule has 1 aliphatic carbocycles. The standard InChI is InChI=1S/C23H36N6O3S/c1-17-10-12-29(15-20(17)28(3)22-19-9-11-24-21(19)25-16-26-22)33(31,32)14-13-27(2)23(30)18-7-5-4-6-8-18/h9,11,16-18,20H,4-8,10,12-15H2,1-3H3,(H,24,25,26). The summed E-state index contributed by atoms with van der Waals surface area (Å²) in [6.45, 7) is 3.32. The number of hydrogen-bond acceptors (Lipinski definition) is 6. The Morgan fingerprint density at radius 2 is 1.94 bits per heavy atom. The van der Waals surface area contributed by atoms with E-state index in [4.69, 9.17) is 0 Å². The number of piperidine rings is 1. The molecular weight excluding hydrogens is 440 g/mol. The smallest absolute Gasteiger partial charge is 0.225 e. The van der Waals surface area contributed by atoms with Crippen molar-refractivity contribution in [2.24, 2.45) is 11.8 Å². The number of carbonyl (C=O) groups is 1. The Morgan fingerprint density at radius 3 is 2.70 bits per heavy atom. The zero-order valence-corrected chi connectivity index (χ0v) is 20.7. The van der Waals surface area contributed by atoms with Crippen molar-refractivity contribution in [2.45, 2.75) is 51.5 Å². The molecule has 3 heterocycles. The minimum Gasteiger partial charge on any atom is -0.354 e. The van der Waals surface area contributed by atoms with Gasteiger partial charge in [-0.2, -0.15) is 4.31 Å². The number of anilines is 1. The van der Waals surface area contributed by atoms with Gasteiger partial charge in [0.25, 0.3) is 0 Å². The molecule has 182 valence electrons. The number of fused-ring (bicyclic) bond motifs is 1. The van der Waals surface area contributed by atoms with E-state index >= 15 is 0 Å². The van der Waals surface area contributed by atoms with E-state index in [9.17, 15) is 13.2 Å². The van der Waals surface area contributed by atoms with Gasteiger partial charge >= 0.3 is 0 Å². The molecule has 1 saturated heterocycles. The SMILES string of the molecule is CC1CCN(S(=O)(=O)CCN(C)C(=O)C2CCCCC2)CC1N(C)c1ncnc2[nH]ccc12. The third-order valence-corrected chi connectivity index (χ3v) is 9.27. The number of hydrogen-bond donors (Lipinski definition) is 1. The first-order valence-electron chi connectivity index (χ1n) is 12.0. The number of likely N-dealkylation sites (N-methyl/N-ethyl adjacent to an activating group) is 1. The van der Waals surface area contributed by atoms with Gasteiger partial charge in [-0.25, -0.2) is 18.4 Å². The monoisotopic (exact) mass is 476 g/mol. The van der Waals surface area contributed by atoms with E-state index in [-0.39, 0.29) is 30.2 Å². The number of nitrogens with one attached hydrogen (secondary N) is 1. The average Bonchev–Trinajstić information content (AvgIpc) is 3.31. The summed E-state index contributed by atoms with van der Waals surface area (Å²) < 4.78 is 28.0. The fraction of sp³-hybridized carbons (Fsp3) is 0.696. The van der Waals surface area contributed by atoms with Gasteiger partial charge in [0.15, 0.2) is 0 Å². The maximum Gasteiger partial charge on any atom is 0.225 e. The van der Waals surface area contributed by atoms with E-state index in [2.05, 4.69) is 26.8 Å². The molecule has 4 rings (SSSR count). The molecule has 0 radical (unpaired) electrons. The van der Waals surface area contributed by atoms with Crippen LogP contribution in [0.5, 0.6) is 0 Å². The van der Waals surface area contributed by atoms with E-state index in [1.807, 2.05) is 19.3 Å². The van der Waals surface area contributed by atoms with Crippen LogP contribution in [0.1, 0.15) is 45.4 Å². The molecule has 9 nitrogen and oxygen atoms in total. The number of aromatic nitrogens is 3. The highest BCUT2D eigenvalue weighted by atomic mass is 32.2. The van der Waals surface area contributed by atoms with Gasteiger partial charge in [0, 0.05) is 51.9 Å². The number of carbonyl (C=O) groups excluding carboxylic acids is 1. The molecule has 0 bridgehead atoms. The van der Waals surface area contributed by atoms with Crippen LogP contribution in [0.15, 0.2) is 18.6 Å². The summed E-state index contributed by atoms with van der Waals surface area (Å²) in [5.41, 5.74) is 0.769. The fourth-order valence-corrected chi connectivity index (χ4v) is 6.75. The Labute approximate surface area is 196 Å². The number of rotatable bonds is 7. The van der Waals surface area contributed by atoms with E-state index in [0.29, 0.717) is 19.0 Å². The van der Waals surface area contributed by atoms with Crippen molar-refractivity contribution >= 4 is 32.8 Å². The summed E-state index contributed by atoms with van der Waals surface area (Å²) in [5.74, 6) is 1.23. The first-order chi connectivity index (χ1) is 15.8. The molecule has 2 atom stereocenters. The summed E-state index contributed by atoms with van der Waals surface area (Å²) >= 11 is 0. The zero-order valence-electron chi connectivity index (χ0n) is 19.9. The highest BCUT2D eigenvalue weighted by Gasteiger charge is 2.36. The van der Waals surface area contributed by atoms with Crippen LogP contribution < -0.4 is 4.90 Å². The molecule has 1 aliphatic heterocycles. The van der Waals surface area contributed by atoms with Crippen LogP contribution in [-0.2, 0) is 14.8 Å². The lowest BCUT2D eigenvalue weighted by Crippen LogP contribution is -2.53. The van der Waals surface area contributed by atoms with Crippen LogP contribution in [0.2, 0.25) is 0 Å². The second-order valence-electron chi connectivity index (χ2n) is 9.65. The Hall–Kier alpha value is -2.20. The van der Waals surface area contributed by atoms with E-state index < -0.39 is 10.0 Å². The summed E-state index contributed by atoms with van der Waals surface area (Å²) in [6, 6.07) is 1.95. The number of H-pyrrole nitrogens is 1. The summed E-state index contributed by atoms with van der Waals surface area (Å²) in [5, 5.41) is 0.926. The molecular formula is C23H36N6O3S. The lowest BCUT2D eigenvalue weighted by atomic mass is 9.88. The lowest BCUT2D eigenvalue weighted by Gasteiger charge is -2.41. The predicted molar refractivity (Wildman–Crippen MR) is 129 cm³/mol. The highest BCUT2D eigenvalue weighted by molar-refractivity contribution is 7.89. The van der Waals surface area contributed by atoms with Crippen LogP contribution in [0.4, 0.5) is 5.82 Å².